The van der Waals surface area contributed by atoms with Crippen LogP contribution in [0.25, 0.3) is 18.2 Å². The predicted molar refractivity (Wildman–Crippen MR) is 75.9 cm³/mol. The predicted octanol–water partition coefficient (Wildman–Crippen LogP) is 1.27. The van der Waals surface area contributed by atoms with E-state index in [0.29, 0.717) is 16.9 Å². The first-order valence-electron chi connectivity index (χ1n) is 6.22. The minimum Gasteiger partial charge on any atom is -0.494 e. The molecule has 2 N–H and O–H groups in total. The summed E-state index contributed by atoms with van der Waals surface area (Å²) < 4.78 is 12.9. The topological polar surface area (TPSA) is 53.1 Å². The Labute approximate surface area is 114 Å². The highest BCUT2D eigenvalue weighted by Gasteiger charge is 2.03. The molecule has 20 heavy (non-hydrogen) atoms. The van der Waals surface area contributed by atoms with Crippen LogP contribution in [-0.2, 0) is 0 Å². The van der Waals surface area contributed by atoms with Crippen LogP contribution in [0.2, 0.25) is 0 Å². The summed E-state index contributed by atoms with van der Waals surface area (Å²) in [6.07, 6.45) is 6.23. The lowest BCUT2D eigenvalue weighted by molar-refractivity contribution is 0.450. The first-order valence-corrected chi connectivity index (χ1v) is 6.22. The fourth-order valence-electron chi connectivity index (χ4n) is 2.26. The molecule has 1 aliphatic rings. The van der Waals surface area contributed by atoms with Crippen molar-refractivity contribution in [1.29, 1.82) is 0 Å². The molecule has 1 aromatic heterocycles. The molecule has 2 aromatic rings. The monoisotopic (exact) mass is 269 g/mol. The Balaban J connectivity index is 2.08. The van der Waals surface area contributed by atoms with Crippen LogP contribution >= 0.6 is 0 Å². The number of aromatic hydroxyl groups is 1. The van der Waals surface area contributed by atoms with E-state index in [1.165, 1.54) is 18.2 Å². The summed E-state index contributed by atoms with van der Waals surface area (Å²) in [5, 5.41) is 10.7. The zero-order valence-electron chi connectivity index (χ0n) is 10.6. The van der Waals surface area contributed by atoms with Crippen LogP contribution < -0.4 is 16.0 Å². The van der Waals surface area contributed by atoms with Gasteiger partial charge in [-0.1, -0.05) is 30.4 Å². The maximum atomic E-state index is 12.9. The van der Waals surface area contributed by atoms with Gasteiger partial charge in [-0.05, 0) is 34.9 Å². The molecule has 4 heteroatoms. The molecule has 0 amide bonds. The van der Waals surface area contributed by atoms with Crippen LogP contribution in [0, 0.1) is 5.82 Å². The van der Waals surface area contributed by atoms with Crippen molar-refractivity contribution in [2.75, 3.05) is 0 Å². The second kappa shape index (κ2) is 4.81. The van der Waals surface area contributed by atoms with Gasteiger partial charge in [0.05, 0.1) is 0 Å². The van der Waals surface area contributed by atoms with Gasteiger partial charge in [0.15, 0.2) is 5.88 Å². The van der Waals surface area contributed by atoms with E-state index in [9.17, 15) is 14.3 Å². The molecule has 100 valence electrons. The number of H-pyrrole nitrogens is 1. The number of aromatic amines is 1. The van der Waals surface area contributed by atoms with Crippen LogP contribution in [0.5, 0.6) is 5.88 Å². The van der Waals surface area contributed by atoms with Crippen molar-refractivity contribution in [3.8, 4) is 5.88 Å². The van der Waals surface area contributed by atoms with Crippen LogP contribution in [0.15, 0.2) is 40.7 Å². The Morgan fingerprint density at radius 3 is 2.75 bits per heavy atom. The van der Waals surface area contributed by atoms with Gasteiger partial charge in [-0.15, -0.1) is 0 Å². The minimum atomic E-state index is -0.294. The average Bonchev–Trinajstić information content (AvgIpc) is 2.41. The van der Waals surface area contributed by atoms with E-state index in [4.69, 9.17) is 0 Å². The van der Waals surface area contributed by atoms with E-state index in [2.05, 4.69) is 4.98 Å². The number of rotatable bonds is 1. The highest BCUT2D eigenvalue weighted by Crippen LogP contribution is 2.13. The molecule has 0 saturated carbocycles. The summed E-state index contributed by atoms with van der Waals surface area (Å²) in [7, 11) is 0. The van der Waals surface area contributed by atoms with E-state index >= 15 is 0 Å². The summed E-state index contributed by atoms with van der Waals surface area (Å²) in [5.74, 6) is -0.422. The van der Waals surface area contributed by atoms with Crippen molar-refractivity contribution < 1.29 is 9.50 Å². The van der Waals surface area contributed by atoms with Gasteiger partial charge in [-0.3, -0.25) is 9.78 Å². The van der Waals surface area contributed by atoms with E-state index in [1.54, 1.807) is 12.1 Å². The van der Waals surface area contributed by atoms with Gasteiger partial charge in [0.2, 0.25) is 0 Å². The lowest BCUT2D eigenvalue weighted by atomic mass is 10.0. The van der Waals surface area contributed by atoms with Crippen LogP contribution in [0.1, 0.15) is 12.0 Å². The molecule has 0 saturated heterocycles. The largest absolute Gasteiger partial charge is 0.494 e. The lowest BCUT2D eigenvalue weighted by Gasteiger charge is -2.05. The first kappa shape index (κ1) is 12.4. The molecular weight excluding hydrogens is 257 g/mol. The second-order valence-corrected chi connectivity index (χ2v) is 4.68. The molecule has 0 atom stereocenters. The van der Waals surface area contributed by atoms with Gasteiger partial charge in [0.25, 0.3) is 5.56 Å². The fraction of sp³-hybridized carbons (Fsp3) is 0.0625. The summed E-state index contributed by atoms with van der Waals surface area (Å²) in [6.45, 7) is 0. The van der Waals surface area contributed by atoms with Crippen molar-refractivity contribution in [3.63, 3.8) is 0 Å². The van der Waals surface area contributed by atoms with Crippen molar-refractivity contribution >= 4 is 18.2 Å². The first-order chi connectivity index (χ1) is 9.61. The van der Waals surface area contributed by atoms with Crippen molar-refractivity contribution in [3.05, 3.63) is 68.1 Å². The molecule has 0 aliphatic heterocycles. The number of fused-ring (bicyclic) bond motifs is 1. The molecule has 3 rings (SSSR count). The molecule has 3 nitrogen and oxygen atoms in total. The molecule has 1 heterocycles. The third-order valence-electron chi connectivity index (χ3n) is 3.19. The van der Waals surface area contributed by atoms with Crippen molar-refractivity contribution in [2.24, 2.45) is 0 Å². The van der Waals surface area contributed by atoms with Gasteiger partial charge < -0.3 is 5.11 Å². The summed E-state index contributed by atoms with van der Waals surface area (Å²) in [4.78, 5) is 14.0. The third kappa shape index (κ3) is 2.40. The van der Waals surface area contributed by atoms with Gasteiger partial charge in [-0.2, -0.15) is 0 Å². The Kier molecular flexibility index (Phi) is 2.99. The number of aromatic nitrogens is 1. The number of halogens is 1. The fourth-order valence-corrected chi connectivity index (χ4v) is 2.26. The van der Waals surface area contributed by atoms with E-state index in [0.717, 1.165) is 11.1 Å². The highest BCUT2D eigenvalue weighted by molar-refractivity contribution is 5.68. The number of nitrogens with one attached hydrogen (secondary N) is 1. The van der Waals surface area contributed by atoms with Gasteiger partial charge >= 0.3 is 0 Å². The molecule has 0 unspecified atom stereocenters. The van der Waals surface area contributed by atoms with Crippen LogP contribution in [-0.4, -0.2) is 10.1 Å². The number of allylic oxidation sites excluding steroid dienone is 1. The molecule has 0 spiro atoms. The van der Waals surface area contributed by atoms with E-state index in [1.807, 2.05) is 18.2 Å². The zero-order valence-corrected chi connectivity index (χ0v) is 10.6. The summed E-state index contributed by atoms with van der Waals surface area (Å²) in [5.41, 5.74) is 1.59. The van der Waals surface area contributed by atoms with Crippen molar-refractivity contribution in [2.45, 2.75) is 6.42 Å². The van der Waals surface area contributed by atoms with Gasteiger partial charge in [-0.25, -0.2) is 4.39 Å². The summed E-state index contributed by atoms with van der Waals surface area (Å²) in [6, 6.07) is 7.72. The van der Waals surface area contributed by atoms with Crippen LogP contribution in [0.4, 0.5) is 4.39 Å². The summed E-state index contributed by atoms with van der Waals surface area (Å²) >= 11 is 0. The van der Waals surface area contributed by atoms with E-state index in [-0.39, 0.29) is 17.3 Å². The van der Waals surface area contributed by atoms with E-state index < -0.39 is 0 Å². The van der Waals surface area contributed by atoms with Crippen LogP contribution in [0.3, 0.4) is 0 Å². The maximum Gasteiger partial charge on any atom is 0.258 e. The standard InChI is InChI=1S/C16H12FNO2/c17-13-4-1-10(2-5-13)7-11-3-6-14-12(8-11)9-15(19)18-16(14)20/h1-2,4-9,19H,3H2,(H,18,20). The smallest absolute Gasteiger partial charge is 0.258 e. The zero-order chi connectivity index (χ0) is 14.1. The molecule has 0 radical (unpaired) electrons. The van der Waals surface area contributed by atoms with Gasteiger partial charge in [0.1, 0.15) is 5.82 Å². The number of hydrogen-bond donors (Lipinski definition) is 2. The average molecular weight is 269 g/mol. The van der Waals surface area contributed by atoms with Gasteiger partial charge in [0, 0.05) is 11.3 Å². The molecule has 0 bridgehead atoms. The SMILES string of the molecule is O=c1[nH]c(O)cc2c1=CCC(=Cc1ccc(F)cc1)C=2. The lowest BCUT2D eigenvalue weighted by Crippen LogP contribution is -2.41. The normalized spacial score (nSPS) is 15.3. The van der Waals surface area contributed by atoms with Crippen molar-refractivity contribution in [1.82, 2.24) is 4.98 Å². The Morgan fingerprint density at radius 1 is 1.25 bits per heavy atom. The number of hydrogen-bond acceptors (Lipinski definition) is 2. The molecule has 1 aromatic carbocycles. The second-order valence-electron chi connectivity index (χ2n) is 4.68. The quantitative estimate of drug-likeness (QED) is 0.819. The highest BCUT2D eigenvalue weighted by atomic mass is 19.1. The third-order valence-corrected chi connectivity index (χ3v) is 3.19. The molecule has 1 aliphatic carbocycles. The molecular formula is C16H12FNO2. The number of pyridine rings is 1. The molecule has 0 fully saturated rings. The number of benzene rings is 1. The minimum absolute atomic E-state index is 0.151. The Morgan fingerprint density at radius 2 is 2.00 bits per heavy atom. The maximum absolute atomic E-state index is 12.9. The Bertz CT molecular complexity index is 861. The Hall–Kier alpha value is -2.62.